The van der Waals surface area contributed by atoms with Gasteiger partial charge in [-0.15, -0.1) is 0 Å². The van der Waals surface area contributed by atoms with Crippen LogP contribution in [-0.4, -0.2) is 33.7 Å². The number of nitrogens with zero attached hydrogens (tertiary/aromatic N) is 1. The van der Waals surface area contributed by atoms with Crippen molar-refractivity contribution in [3.8, 4) is 0 Å². The van der Waals surface area contributed by atoms with Crippen molar-refractivity contribution < 1.29 is 14.3 Å². The summed E-state index contributed by atoms with van der Waals surface area (Å²) in [7, 11) is 0. The molecule has 1 amide bonds. The summed E-state index contributed by atoms with van der Waals surface area (Å²) in [4.78, 5) is 16.8. The molecule has 0 aliphatic rings. The van der Waals surface area contributed by atoms with Crippen LogP contribution in [0, 0.1) is 12.7 Å². The second kappa shape index (κ2) is 8.59. The summed E-state index contributed by atoms with van der Waals surface area (Å²) in [6.45, 7) is 7.56. The van der Waals surface area contributed by atoms with Crippen LogP contribution in [0.3, 0.4) is 0 Å². The molecule has 2 rings (SSSR count). The Balaban J connectivity index is 2.12. The molecule has 4 N–H and O–H groups in total. The van der Waals surface area contributed by atoms with Gasteiger partial charge in [-0.3, -0.25) is 9.78 Å². The Labute approximate surface area is 159 Å². The summed E-state index contributed by atoms with van der Waals surface area (Å²) in [6, 6.07) is 7.28. The van der Waals surface area contributed by atoms with Gasteiger partial charge < -0.3 is 16.2 Å². The maximum atomic E-state index is 13.5. The molecule has 5 nitrogen and oxygen atoms in total. The zero-order valence-corrected chi connectivity index (χ0v) is 16.3. The molecule has 0 saturated carbocycles. The first-order chi connectivity index (χ1) is 12.6. The number of nitrogens with two attached hydrogens (primary N) is 1. The lowest BCUT2D eigenvalue weighted by Gasteiger charge is -2.23. The monoisotopic (exact) mass is 373 g/mol. The van der Waals surface area contributed by atoms with Crippen LogP contribution in [0.5, 0.6) is 0 Å². The van der Waals surface area contributed by atoms with Gasteiger partial charge in [-0.05, 0) is 69.5 Å². The van der Waals surface area contributed by atoms with Gasteiger partial charge in [-0.2, -0.15) is 0 Å². The number of aromatic nitrogens is 1. The fourth-order valence-electron chi connectivity index (χ4n) is 2.81. The van der Waals surface area contributed by atoms with Crippen LogP contribution in [0.4, 0.5) is 4.39 Å². The number of halogens is 1. The Bertz CT molecular complexity index is 802. The van der Waals surface area contributed by atoms with Crippen molar-refractivity contribution in [2.24, 2.45) is 5.73 Å². The third kappa shape index (κ3) is 6.12. The second-order valence-corrected chi connectivity index (χ2v) is 7.91. The average Bonchev–Trinajstić information content (AvgIpc) is 2.57. The van der Waals surface area contributed by atoms with Gasteiger partial charge in [-0.1, -0.05) is 6.07 Å². The predicted molar refractivity (Wildman–Crippen MR) is 104 cm³/mol. The van der Waals surface area contributed by atoms with Crippen molar-refractivity contribution in [3.63, 3.8) is 0 Å². The lowest BCUT2D eigenvalue weighted by Crippen LogP contribution is -2.42. The van der Waals surface area contributed by atoms with E-state index in [1.54, 1.807) is 24.4 Å². The molecule has 1 aromatic carbocycles. The fraction of sp³-hybridized carbons (Fsp3) is 0.429. The molecule has 1 heterocycles. The van der Waals surface area contributed by atoms with Crippen molar-refractivity contribution in [3.05, 3.63) is 64.7 Å². The molecule has 0 aliphatic heterocycles. The van der Waals surface area contributed by atoms with Gasteiger partial charge in [0.15, 0.2) is 0 Å². The van der Waals surface area contributed by atoms with Gasteiger partial charge in [0.1, 0.15) is 5.82 Å². The second-order valence-electron chi connectivity index (χ2n) is 7.91. The molecule has 2 atom stereocenters. The minimum atomic E-state index is -0.913. The Morgan fingerprint density at radius 2 is 2.00 bits per heavy atom. The maximum absolute atomic E-state index is 13.5. The van der Waals surface area contributed by atoms with Crippen LogP contribution in [0.2, 0.25) is 0 Å². The molecular weight excluding hydrogens is 345 g/mol. The number of carbonyl (C=O) groups excluding carboxylic acids is 1. The summed E-state index contributed by atoms with van der Waals surface area (Å²) in [6.07, 6.45) is 1.14. The number of benzene rings is 1. The molecule has 6 heteroatoms. The summed E-state index contributed by atoms with van der Waals surface area (Å²) >= 11 is 0. The molecule has 0 spiro atoms. The van der Waals surface area contributed by atoms with E-state index in [4.69, 9.17) is 5.73 Å². The number of aliphatic hydroxyl groups excluding tert-OH is 1. The smallest absolute Gasteiger partial charge is 0.253 e. The minimum absolute atomic E-state index is 0.142. The normalized spacial score (nSPS) is 13.9. The topological polar surface area (TPSA) is 88.2 Å². The molecule has 0 saturated heterocycles. The molecule has 1 aromatic heterocycles. The highest BCUT2D eigenvalue weighted by Gasteiger charge is 2.23. The number of amides is 1. The zero-order valence-electron chi connectivity index (χ0n) is 16.3. The van der Waals surface area contributed by atoms with E-state index in [9.17, 15) is 14.3 Å². The molecule has 0 fully saturated rings. The van der Waals surface area contributed by atoms with Crippen molar-refractivity contribution in [1.82, 2.24) is 10.3 Å². The molecule has 0 bridgehead atoms. The highest BCUT2D eigenvalue weighted by atomic mass is 19.1. The highest BCUT2D eigenvalue weighted by molar-refractivity contribution is 5.95. The zero-order chi connectivity index (χ0) is 20.2. The average molecular weight is 373 g/mol. The molecule has 2 unspecified atom stereocenters. The van der Waals surface area contributed by atoms with E-state index in [1.165, 1.54) is 12.1 Å². The van der Waals surface area contributed by atoms with Crippen molar-refractivity contribution in [1.29, 1.82) is 0 Å². The summed E-state index contributed by atoms with van der Waals surface area (Å²) in [5, 5.41) is 13.4. The molecule has 0 aliphatic carbocycles. The summed E-state index contributed by atoms with van der Waals surface area (Å²) in [5.41, 5.74) is 8.34. The summed E-state index contributed by atoms with van der Waals surface area (Å²) < 4.78 is 13.5. The SMILES string of the molecule is Cc1ccc(F)cc1CC(N)C(O)Cc1ncccc1C(=O)NC(C)(C)C. The van der Waals surface area contributed by atoms with Crippen LogP contribution in [0.15, 0.2) is 36.5 Å². The molecule has 2 aromatic rings. The Kier molecular flexibility index (Phi) is 6.68. The van der Waals surface area contributed by atoms with E-state index < -0.39 is 12.1 Å². The lowest BCUT2D eigenvalue weighted by molar-refractivity contribution is 0.0916. The van der Waals surface area contributed by atoms with Crippen LogP contribution >= 0.6 is 0 Å². The fourth-order valence-corrected chi connectivity index (χ4v) is 2.81. The van der Waals surface area contributed by atoms with Crippen LogP contribution in [0.1, 0.15) is 48.0 Å². The number of hydrogen-bond acceptors (Lipinski definition) is 4. The van der Waals surface area contributed by atoms with E-state index in [0.717, 1.165) is 11.1 Å². The number of hydrogen-bond donors (Lipinski definition) is 3. The third-order valence-electron chi connectivity index (χ3n) is 4.29. The van der Waals surface area contributed by atoms with Crippen molar-refractivity contribution in [2.75, 3.05) is 0 Å². The van der Waals surface area contributed by atoms with E-state index in [0.29, 0.717) is 17.7 Å². The standard InChI is InChI=1S/C21H28FN3O2/c1-13-7-8-15(22)10-14(13)11-17(23)19(26)12-18-16(6-5-9-24-18)20(27)25-21(2,3)4/h5-10,17,19,26H,11-12,23H2,1-4H3,(H,25,27). The largest absolute Gasteiger partial charge is 0.391 e. The highest BCUT2D eigenvalue weighted by Crippen LogP contribution is 2.16. The first kappa shape index (κ1) is 21.0. The first-order valence-electron chi connectivity index (χ1n) is 9.02. The molecule has 27 heavy (non-hydrogen) atoms. The van der Waals surface area contributed by atoms with Crippen LogP contribution in [-0.2, 0) is 12.8 Å². The predicted octanol–water partition coefficient (Wildman–Crippen LogP) is 2.53. The minimum Gasteiger partial charge on any atom is -0.391 e. The van der Waals surface area contributed by atoms with Crippen LogP contribution < -0.4 is 11.1 Å². The summed E-state index contributed by atoms with van der Waals surface area (Å²) in [5.74, 6) is -0.574. The van der Waals surface area contributed by atoms with Gasteiger partial charge >= 0.3 is 0 Å². The molecular formula is C21H28FN3O2. The number of aryl methyl sites for hydroxylation is 1. The molecule has 0 radical (unpaired) electrons. The maximum Gasteiger partial charge on any atom is 0.253 e. The molecule has 146 valence electrons. The van der Waals surface area contributed by atoms with Gasteiger partial charge in [0.05, 0.1) is 17.4 Å². The van der Waals surface area contributed by atoms with E-state index in [-0.39, 0.29) is 23.7 Å². The number of aliphatic hydroxyl groups is 1. The van der Waals surface area contributed by atoms with Gasteiger partial charge in [0, 0.05) is 24.2 Å². The van der Waals surface area contributed by atoms with E-state index in [2.05, 4.69) is 10.3 Å². The lowest BCUT2D eigenvalue weighted by atomic mass is 9.95. The van der Waals surface area contributed by atoms with E-state index >= 15 is 0 Å². The van der Waals surface area contributed by atoms with Gasteiger partial charge in [-0.25, -0.2) is 4.39 Å². The number of carbonyl (C=O) groups is 1. The van der Waals surface area contributed by atoms with Crippen molar-refractivity contribution in [2.45, 2.75) is 58.2 Å². The quantitative estimate of drug-likeness (QED) is 0.726. The van der Waals surface area contributed by atoms with Gasteiger partial charge in [0.2, 0.25) is 0 Å². The first-order valence-corrected chi connectivity index (χ1v) is 9.02. The number of rotatable bonds is 6. The third-order valence-corrected chi connectivity index (χ3v) is 4.29. The van der Waals surface area contributed by atoms with Crippen LogP contribution in [0.25, 0.3) is 0 Å². The van der Waals surface area contributed by atoms with Gasteiger partial charge in [0.25, 0.3) is 5.91 Å². The van der Waals surface area contributed by atoms with E-state index in [1.807, 2.05) is 27.7 Å². The van der Waals surface area contributed by atoms with Crippen molar-refractivity contribution >= 4 is 5.91 Å². The Morgan fingerprint density at radius 1 is 1.30 bits per heavy atom. The Morgan fingerprint density at radius 3 is 2.67 bits per heavy atom. The number of pyridine rings is 1. The Hall–Kier alpha value is -2.31. The number of nitrogens with one attached hydrogen (secondary N) is 1.